The molecule has 168 valence electrons. The molecular formula is C23H38N4O3. The second kappa shape index (κ2) is 15.2. The van der Waals surface area contributed by atoms with Crippen molar-refractivity contribution in [3.05, 3.63) is 35.9 Å². The first kappa shape index (κ1) is 25.3. The van der Waals surface area contributed by atoms with Crippen LogP contribution in [0.4, 0.5) is 0 Å². The van der Waals surface area contributed by atoms with Crippen LogP contribution in [0.15, 0.2) is 35.3 Å². The minimum atomic E-state index is 0.0721. The van der Waals surface area contributed by atoms with Gasteiger partial charge in [-0.1, -0.05) is 32.1 Å². The first-order valence-corrected chi connectivity index (χ1v) is 10.7. The Balaban J connectivity index is 2.33. The first-order valence-electron chi connectivity index (χ1n) is 10.7. The number of nitrogens with zero attached hydrogens (tertiary/aromatic N) is 1. The number of amides is 1. The largest absolute Gasteiger partial charge is 0.493 e. The predicted octanol–water partition coefficient (Wildman–Crippen LogP) is 3.52. The smallest absolute Gasteiger partial charge is 0.220 e. The van der Waals surface area contributed by atoms with Crippen LogP contribution in [0.3, 0.4) is 0 Å². The molecule has 1 aromatic rings. The number of guanidine groups is 1. The molecule has 0 aliphatic rings. The Morgan fingerprint density at radius 3 is 2.67 bits per heavy atom. The molecule has 5 N–H and O–H groups in total. The molecule has 7 heteroatoms. The fraction of sp³-hybridized carbons (Fsp3) is 0.565. The van der Waals surface area contributed by atoms with Crippen molar-refractivity contribution >= 4 is 11.9 Å². The molecule has 1 rings (SSSR count). The van der Waals surface area contributed by atoms with Crippen molar-refractivity contribution in [1.82, 2.24) is 5.32 Å². The molecule has 0 radical (unpaired) electrons. The van der Waals surface area contributed by atoms with Crippen molar-refractivity contribution in [2.24, 2.45) is 22.4 Å². The van der Waals surface area contributed by atoms with Gasteiger partial charge >= 0.3 is 0 Å². The van der Waals surface area contributed by atoms with Crippen LogP contribution in [-0.2, 0) is 11.3 Å². The van der Waals surface area contributed by atoms with Gasteiger partial charge in [0.15, 0.2) is 17.5 Å². The van der Waals surface area contributed by atoms with E-state index in [-0.39, 0.29) is 11.9 Å². The lowest BCUT2D eigenvalue weighted by Crippen LogP contribution is -2.23. The van der Waals surface area contributed by atoms with Crippen LogP contribution in [0.5, 0.6) is 11.5 Å². The maximum absolute atomic E-state index is 12.0. The highest BCUT2D eigenvalue weighted by molar-refractivity contribution is 5.76. The summed E-state index contributed by atoms with van der Waals surface area (Å²) < 4.78 is 11.2. The number of carbonyl (C=O) groups is 1. The molecule has 0 atom stereocenters. The molecule has 0 unspecified atom stereocenters. The van der Waals surface area contributed by atoms with Gasteiger partial charge in [-0.05, 0) is 55.7 Å². The second-order valence-electron chi connectivity index (χ2n) is 7.54. The highest BCUT2D eigenvalue weighted by Gasteiger charge is 2.07. The number of methoxy groups -OCH3 is 1. The summed E-state index contributed by atoms with van der Waals surface area (Å²) in [6, 6.07) is 5.71. The molecule has 30 heavy (non-hydrogen) atoms. The quantitative estimate of drug-likeness (QED) is 0.175. The molecule has 7 nitrogen and oxygen atoms in total. The molecule has 1 amide bonds. The number of allylic oxidation sites excluding steroid dienone is 2. The zero-order chi connectivity index (χ0) is 22.2. The van der Waals surface area contributed by atoms with E-state index in [4.69, 9.17) is 20.9 Å². The third-order valence-corrected chi connectivity index (χ3v) is 4.37. The summed E-state index contributed by atoms with van der Waals surface area (Å²) in [5.41, 5.74) is 11.6. The summed E-state index contributed by atoms with van der Waals surface area (Å²) in [5, 5.41) is 2.97. The maximum atomic E-state index is 12.0. The zero-order valence-corrected chi connectivity index (χ0v) is 18.7. The van der Waals surface area contributed by atoms with Crippen molar-refractivity contribution in [3.63, 3.8) is 0 Å². The fourth-order valence-electron chi connectivity index (χ4n) is 2.75. The predicted molar refractivity (Wildman–Crippen MR) is 123 cm³/mol. The Kier molecular flexibility index (Phi) is 12.8. The van der Waals surface area contributed by atoms with Crippen LogP contribution in [0, 0.1) is 5.92 Å². The topological polar surface area (TPSA) is 112 Å². The molecular weight excluding hydrogens is 380 g/mol. The lowest BCUT2D eigenvalue weighted by molar-refractivity contribution is -0.121. The molecule has 0 aromatic heterocycles. The number of nitrogens with one attached hydrogen (secondary N) is 1. The number of rotatable bonds is 15. The summed E-state index contributed by atoms with van der Waals surface area (Å²) in [7, 11) is 1.61. The van der Waals surface area contributed by atoms with Crippen LogP contribution >= 0.6 is 0 Å². The molecule has 0 fully saturated rings. The molecule has 1 aromatic carbocycles. The van der Waals surface area contributed by atoms with E-state index >= 15 is 0 Å². The van der Waals surface area contributed by atoms with Crippen molar-refractivity contribution < 1.29 is 14.3 Å². The fourth-order valence-corrected chi connectivity index (χ4v) is 2.75. The van der Waals surface area contributed by atoms with E-state index in [1.54, 1.807) is 7.11 Å². The van der Waals surface area contributed by atoms with E-state index in [1.807, 2.05) is 18.2 Å². The normalized spacial score (nSPS) is 10.9. The van der Waals surface area contributed by atoms with Gasteiger partial charge in [0.1, 0.15) is 0 Å². The SMILES string of the molecule is COc1cc(CNC(=O)CCCC/C=C/C(C)C)ccc1OCCCCN=C(N)N. The summed E-state index contributed by atoms with van der Waals surface area (Å²) in [5.74, 6) is 2.10. The lowest BCUT2D eigenvalue weighted by atomic mass is 10.1. The van der Waals surface area contributed by atoms with E-state index in [0.717, 1.165) is 37.7 Å². The van der Waals surface area contributed by atoms with Crippen LogP contribution in [-0.4, -0.2) is 32.1 Å². The second-order valence-corrected chi connectivity index (χ2v) is 7.54. The highest BCUT2D eigenvalue weighted by atomic mass is 16.5. The van der Waals surface area contributed by atoms with Gasteiger partial charge in [-0.25, -0.2) is 0 Å². The van der Waals surface area contributed by atoms with E-state index < -0.39 is 0 Å². The number of nitrogens with two attached hydrogens (primary N) is 2. The number of hydrogen-bond acceptors (Lipinski definition) is 4. The van der Waals surface area contributed by atoms with Gasteiger partial charge in [-0.15, -0.1) is 0 Å². The summed E-state index contributed by atoms with van der Waals surface area (Å²) in [4.78, 5) is 16.0. The Labute approximate surface area is 180 Å². The Bertz CT molecular complexity index is 683. The minimum Gasteiger partial charge on any atom is -0.493 e. The van der Waals surface area contributed by atoms with Gasteiger partial charge in [0.25, 0.3) is 0 Å². The standard InChI is InChI=1S/C23H38N4O3/c1-18(2)10-6-4-5-7-11-22(28)27-17-19-12-13-20(21(16-19)29-3)30-15-9-8-14-26-23(24)25/h6,10,12-13,16,18H,4-5,7-9,11,14-15,17H2,1-3H3,(H,27,28)(H4,24,25,26)/b10-6+. The van der Waals surface area contributed by atoms with Crippen molar-refractivity contribution in [1.29, 1.82) is 0 Å². The number of aliphatic imine (C=N–C) groups is 1. The average Bonchev–Trinajstić information content (AvgIpc) is 2.71. The molecule has 0 saturated heterocycles. The zero-order valence-electron chi connectivity index (χ0n) is 18.7. The summed E-state index contributed by atoms with van der Waals surface area (Å²) in [6.45, 7) is 5.94. The van der Waals surface area contributed by atoms with E-state index in [2.05, 4.69) is 36.3 Å². The summed E-state index contributed by atoms with van der Waals surface area (Å²) in [6.07, 6.45) is 9.58. The third kappa shape index (κ3) is 12.0. The van der Waals surface area contributed by atoms with E-state index in [9.17, 15) is 4.79 Å². The monoisotopic (exact) mass is 418 g/mol. The summed E-state index contributed by atoms with van der Waals surface area (Å²) >= 11 is 0. The van der Waals surface area contributed by atoms with Crippen molar-refractivity contribution in [2.75, 3.05) is 20.3 Å². The first-order chi connectivity index (χ1) is 14.4. The van der Waals surface area contributed by atoms with Gasteiger partial charge in [0.2, 0.25) is 5.91 Å². The highest BCUT2D eigenvalue weighted by Crippen LogP contribution is 2.28. The van der Waals surface area contributed by atoms with Crippen molar-refractivity contribution in [3.8, 4) is 11.5 Å². The van der Waals surface area contributed by atoms with Gasteiger partial charge in [-0.2, -0.15) is 0 Å². The van der Waals surface area contributed by atoms with Crippen molar-refractivity contribution in [2.45, 2.75) is 58.9 Å². The van der Waals surface area contributed by atoms with E-state index in [0.29, 0.717) is 43.5 Å². The van der Waals surface area contributed by atoms with Crippen LogP contribution in [0.1, 0.15) is 57.9 Å². The minimum absolute atomic E-state index is 0.0721. The van der Waals surface area contributed by atoms with Gasteiger partial charge < -0.3 is 26.3 Å². The number of unbranched alkanes of at least 4 members (excludes halogenated alkanes) is 3. The molecule has 0 saturated carbocycles. The van der Waals surface area contributed by atoms with Crippen LogP contribution in [0.2, 0.25) is 0 Å². The van der Waals surface area contributed by atoms with Gasteiger partial charge in [0, 0.05) is 19.5 Å². The molecule has 0 spiro atoms. The number of ether oxygens (including phenoxy) is 2. The molecule has 0 bridgehead atoms. The maximum Gasteiger partial charge on any atom is 0.220 e. The third-order valence-electron chi connectivity index (χ3n) is 4.37. The number of carbonyl (C=O) groups excluding carboxylic acids is 1. The Hall–Kier alpha value is -2.70. The van der Waals surface area contributed by atoms with E-state index in [1.165, 1.54) is 0 Å². The molecule has 0 aliphatic heterocycles. The van der Waals surface area contributed by atoms with Crippen LogP contribution in [0.25, 0.3) is 0 Å². The van der Waals surface area contributed by atoms with Crippen LogP contribution < -0.4 is 26.3 Å². The lowest BCUT2D eigenvalue weighted by Gasteiger charge is -2.12. The van der Waals surface area contributed by atoms with Gasteiger partial charge in [-0.3, -0.25) is 9.79 Å². The Morgan fingerprint density at radius 1 is 1.17 bits per heavy atom. The number of hydrogen-bond donors (Lipinski definition) is 3. The molecule has 0 aliphatic carbocycles. The Morgan fingerprint density at radius 2 is 1.97 bits per heavy atom. The van der Waals surface area contributed by atoms with Gasteiger partial charge in [0.05, 0.1) is 13.7 Å². The molecule has 0 heterocycles. The average molecular weight is 419 g/mol. The number of benzene rings is 1.